The minimum atomic E-state index is -0.573. The molecule has 1 heterocycles. The number of aliphatic hydroxyl groups excluding tert-OH is 1. The van der Waals surface area contributed by atoms with E-state index in [-0.39, 0.29) is 23.8 Å². The van der Waals surface area contributed by atoms with Crippen molar-refractivity contribution in [3.05, 3.63) is 33.3 Å². The van der Waals surface area contributed by atoms with Gasteiger partial charge in [0.25, 0.3) is 5.69 Å². The molecule has 21 heavy (non-hydrogen) atoms. The number of anilines is 1. The molecule has 1 aliphatic heterocycles. The Labute approximate surface area is 126 Å². The first kappa shape index (κ1) is 15.7. The molecule has 0 saturated carbocycles. The zero-order valence-electron chi connectivity index (χ0n) is 11.3. The van der Waals surface area contributed by atoms with Crippen LogP contribution in [0.4, 0.5) is 11.4 Å². The van der Waals surface area contributed by atoms with Gasteiger partial charge in [-0.15, -0.1) is 0 Å². The summed E-state index contributed by atoms with van der Waals surface area (Å²) in [5.41, 5.74) is -0.124. The van der Waals surface area contributed by atoms with Crippen LogP contribution in [-0.4, -0.2) is 46.6 Å². The zero-order valence-corrected chi connectivity index (χ0v) is 12.0. The van der Waals surface area contributed by atoms with Crippen molar-refractivity contribution in [2.45, 2.75) is 18.9 Å². The van der Waals surface area contributed by atoms with Crippen molar-refractivity contribution in [2.24, 2.45) is 0 Å². The summed E-state index contributed by atoms with van der Waals surface area (Å²) < 4.78 is 0. The van der Waals surface area contributed by atoms with E-state index in [0.29, 0.717) is 11.6 Å². The molecule has 1 aliphatic rings. The molecule has 1 amide bonds. The van der Waals surface area contributed by atoms with Crippen molar-refractivity contribution in [3.8, 4) is 0 Å². The third-order valence-electron chi connectivity index (χ3n) is 3.28. The van der Waals surface area contributed by atoms with Gasteiger partial charge in [-0.1, -0.05) is 11.6 Å². The predicted molar refractivity (Wildman–Crippen MR) is 78.4 cm³/mol. The fourth-order valence-corrected chi connectivity index (χ4v) is 2.51. The van der Waals surface area contributed by atoms with E-state index in [2.05, 4.69) is 5.32 Å². The van der Waals surface area contributed by atoms with Crippen LogP contribution in [0.3, 0.4) is 0 Å². The number of likely N-dealkylation sites (tertiary alicyclic amines) is 1. The molecule has 2 N–H and O–H groups in total. The Balaban J connectivity index is 2.02. The minimum absolute atomic E-state index is 0.0788. The standard InChI is InChI=1S/C13H16ClN3O4/c14-9-3-4-12(17(20)21)11(6-9)15-13(19)8-16-5-1-2-10(18)7-16/h3-4,6,10,18H,1-2,5,7-8H2,(H,15,19). The second-order valence-corrected chi connectivity index (χ2v) is 5.43. The Morgan fingerprint density at radius 1 is 1.57 bits per heavy atom. The highest BCUT2D eigenvalue weighted by Crippen LogP contribution is 2.27. The third-order valence-corrected chi connectivity index (χ3v) is 3.51. The summed E-state index contributed by atoms with van der Waals surface area (Å²) in [5.74, 6) is -0.366. The van der Waals surface area contributed by atoms with Crippen molar-refractivity contribution in [3.63, 3.8) is 0 Å². The van der Waals surface area contributed by atoms with Crippen LogP contribution in [-0.2, 0) is 4.79 Å². The lowest BCUT2D eigenvalue weighted by Gasteiger charge is -2.29. The normalized spacial score (nSPS) is 19.2. The Morgan fingerprint density at radius 3 is 3.00 bits per heavy atom. The molecule has 1 fully saturated rings. The smallest absolute Gasteiger partial charge is 0.292 e. The number of carbonyl (C=O) groups is 1. The van der Waals surface area contributed by atoms with E-state index in [4.69, 9.17) is 11.6 Å². The lowest BCUT2D eigenvalue weighted by molar-refractivity contribution is -0.383. The Bertz CT molecular complexity index is 552. The summed E-state index contributed by atoms with van der Waals surface area (Å²) in [6.45, 7) is 1.24. The quantitative estimate of drug-likeness (QED) is 0.651. The number of hydrogen-bond acceptors (Lipinski definition) is 5. The maximum absolute atomic E-state index is 12.0. The Kier molecular flexibility index (Phi) is 5.11. The van der Waals surface area contributed by atoms with Crippen LogP contribution in [0.1, 0.15) is 12.8 Å². The van der Waals surface area contributed by atoms with E-state index in [9.17, 15) is 20.0 Å². The number of halogens is 1. The summed E-state index contributed by atoms with van der Waals surface area (Å²) >= 11 is 5.80. The van der Waals surface area contributed by atoms with E-state index < -0.39 is 11.0 Å². The average molecular weight is 314 g/mol. The summed E-state index contributed by atoms with van der Waals surface area (Å²) in [6.07, 6.45) is 1.14. The lowest BCUT2D eigenvalue weighted by Crippen LogP contribution is -2.42. The van der Waals surface area contributed by atoms with Crippen molar-refractivity contribution in [1.82, 2.24) is 4.90 Å². The first-order chi connectivity index (χ1) is 9.95. The van der Waals surface area contributed by atoms with Gasteiger partial charge in [0, 0.05) is 17.6 Å². The van der Waals surface area contributed by atoms with Crippen molar-refractivity contribution >= 4 is 28.9 Å². The number of nitro groups is 1. The first-order valence-electron chi connectivity index (χ1n) is 6.60. The average Bonchev–Trinajstić information content (AvgIpc) is 2.38. The number of hydrogen-bond donors (Lipinski definition) is 2. The number of nitrogens with one attached hydrogen (secondary N) is 1. The summed E-state index contributed by atoms with van der Waals surface area (Å²) in [6, 6.07) is 4.00. The molecule has 2 rings (SSSR count). The van der Waals surface area contributed by atoms with Crippen molar-refractivity contribution in [2.75, 3.05) is 25.0 Å². The molecule has 0 aromatic heterocycles. The van der Waals surface area contributed by atoms with E-state index in [1.54, 1.807) is 0 Å². The number of aliphatic hydroxyl groups is 1. The fraction of sp³-hybridized carbons (Fsp3) is 0.462. The maximum atomic E-state index is 12.0. The number of rotatable bonds is 4. The van der Waals surface area contributed by atoms with Gasteiger partial charge in [-0.3, -0.25) is 19.8 Å². The van der Waals surface area contributed by atoms with E-state index in [1.807, 2.05) is 4.90 Å². The highest BCUT2D eigenvalue weighted by atomic mass is 35.5. The van der Waals surface area contributed by atoms with Crippen LogP contribution in [0.5, 0.6) is 0 Å². The van der Waals surface area contributed by atoms with Crippen LogP contribution < -0.4 is 5.32 Å². The maximum Gasteiger partial charge on any atom is 0.292 e. The first-order valence-corrected chi connectivity index (χ1v) is 6.97. The van der Waals surface area contributed by atoms with Crippen molar-refractivity contribution in [1.29, 1.82) is 0 Å². The molecule has 1 unspecified atom stereocenters. The van der Waals surface area contributed by atoms with Gasteiger partial charge < -0.3 is 10.4 Å². The number of nitrogens with zero attached hydrogens (tertiary/aromatic N) is 2. The molecule has 1 atom stereocenters. The summed E-state index contributed by atoms with van der Waals surface area (Å²) in [7, 11) is 0. The van der Waals surface area contributed by atoms with Crippen LogP contribution in [0.25, 0.3) is 0 Å². The molecule has 1 aromatic carbocycles. The van der Waals surface area contributed by atoms with E-state index >= 15 is 0 Å². The van der Waals surface area contributed by atoms with Gasteiger partial charge in [0.2, 0.25) is 5.91 Å². The largest absolute Gasteiger partial charge is 0.392 e. The highest BCUT2D eigenvalue weighted by Gasteiger charge is 2.21. The van der Waals surface area contributed by atoms with Crippen molar-refractivity contribution < 1.29 is 14.8 Å². The second kappa shape index (κ2) is 6.84. The minimum Gasteiger partial charge on any atom is -0.392 e. The molecule has 0 bridgehead atoms. The summed E-state index contributed by atoms with van der Waals surface area (Å²) in [5, 5.41) is 23.3. The van der Waals surface area contributed by atoms with Crippen LogP contribution in [0.2, 0.25) is 5.02 Å². The predicted octanol–water partition coefficient (Wildman–Crippen LogP) is 1.64. The van der Waals surface area contributed by atoms with Crippen LogP contribution in [0.15, 0.2) is 18.2 Å². The highest BCUT2D eigenvalue weighted by molar-refractivity contribution is 6.31. The second-order valence-electron chi connectivity index (χ2n) is 5.00. The monoisotopic (exact) mass is 313 g/mol. The molecular weight excluding hydrogens is 298 g/mol. The van der Waals surface area contributed by atoms with Gasteiger partial charge >= 0.3 is 0 Å². The number of amides is 1. The lowest BCUT2D eigenvalue weighted by atomic mass is 10.1. The molecule has 0 spiro atoms. The molecule has 7 nitrogen and oxygen atoms in total. The van der Waals surface area contributed by atoms with Crippen LogP contribution in [0, 0.1) is 10.1 Å². The Morgan fingerprint density at radius 2 is 2.33 bits per heavy atom. The molecule has 114 valence electrons. The van der Waals surface area contributed by atoms with Gasteiger partial charge in [-0.25, -0.2) is 0 Å². The fourth-order valence-electron chi connectivity index (χ4n) is 2.34. The van der Waals surface area contributed by atoms with Gasteiger partial charge in [0.05, 0.1) is 17.6 Å². The van der Waals surface area contributed by atoms with Crippen LogP contribution >= 0.6 is 11.6 Å². The van der Waals surface area contributed by atoms with Gasteiger partial charge in [0.15, 0.2) is 0 Å². The SMILES string of the molecule is O=C(CN1CCCC(O)C1)Nc1cc(Cl)ccc1[N+](=O)[O-]. The van der Waals surface area contributed by atoms with Gasteiger partial charge in [-0.05, 0) is 31.5 Å². The number of benzene rings is 1. The zero-order chi connectivity index (χ0) is 15.4. The molecular formula is C13H16ClN3O4. The molecule has 1 saturated heterocycles. The Hall–Kier alpha value is -1.70. The number of β-amino-alcohol motifs (C(OH)–C–C–N with tert-alkyl or cyclic N) is 1. The summed E-state index contributed by atoms with van der Waals surface area (Å²) in [4.78, 5) is 24.1. The van der Waals surface area contributed by atoms with E-state index in [0.717, 1.165) is 19.4 Å². The molecule has 0 aliphatic carbocycles. The number of nitro benzene ring substituents is 1. The molecule has 8 heteroatoms. The number of piperidine rings is 1. The van der Waals surface area contributed by atoms with E-state index in [1.165, 1.54) is 18.2 Å². The van der Waals surface area contributed by atoms with Gasteiger partial charge in [-0.2, -0.15) is 0 Å². The third kappa shape index (κ3) is 4.38. The molecule has 1 aromatic rings. The van der Waals surface area contributed by atoms with Gasteiger partial charge in [0.1, 0.15) is 5.69 Å². The topological polar surface area (TPSA) is 95.7 Å². The number of carbonyl (C=O) groups excluding carboxylic acids is 1. The molecule has 0 radical (unpaired) electrons.